The maximum atomic E-state index is 12.5. The van der Waals surface area contributed by atoms with Gasteiger partial charge in [0.15, 0.2) is 5.78 Å². The first-order chi connectivity index (χ1) is 8.89. The second-order valence-corrected chi connectivity index (χ2v) is 5.81. The van der Waals surface area contributed by atoms with Crippen LogP contribution in [0.5, 0.6) is 0 Å². The molecule has 1 atom stereocenters. The van der Waals surface area contributed by atoms with Crippen molar-refractivity contribution in [2.24, 2.45) is 5.92 Å². The average Bonchev–Trinajstić information content (AvgIpc) is 2.59. The van der Waals surface area contributed by atoms with E-state index < -0.39 is 5.41 Å². The largest absolute Gasteiger partial charge is 0.304 e. The molecule has 1 aliphatic heterocycles. The molecule has 1 heterocycles. The molecule has 0 radical (unpaired) electrons. The molecule has 0 bridgehead atoms. The van der Waals surface area contributed by atoms with Crippen LogP contribution >= 0.6 is 0 Å². The Balaban J connectivity index is 2.33. The van der Waals surface area contributed by atoms with Gasteiger partial charge in [0, 0.05) is 11.6 Å². The molecule has 0 fully saturated rings. The van der Waals surface area contributed by atoms with Gasteiger partial charge in [0.05, 0.1) is 12.0 Å². The number of hydrogen-bond donors (Lipinski definition) is 0. The van der Waals surface area contributed by atoms with Gasteiger partial charge < -0.3 is 4.90 Å². The molecule has 1 unspecified atom stereocenters. The molecule has 0 saturated heterocycles. The van der Waals surface area contributed by atoms with Crippen LogP contribution in [-0.4, -0.2) is 18.2 Å². The predicted molar refractivity (Wildman–Crippen MR) is 76.3 cm³/mol. The number of benzene rings is 1. The Morgan fingerprint density at radius 3 is 2.58 bits per heavy atom. The molecule has 2 rings (SSSR count). The van der Waals surface area contributed by atoms with E-state index >= 15 is 0 Å². The summed E-state index contributed by atoms with van der Waals surface area (Å²) >= 11 is 0. The summed E-state index contributed by atoms with van der Waals surface area (Å²) in [5.74, 6) is 0.150. The van der Waals surface area contributed by atoms with Crippen LogP contribution in [-0.2, 0) is 15.0 Å². The Morgan fingerprint density at radius 2 is 1.95 bits per heavy atom. The fourth-order valence-electron chi connectivity index (χ4n) is 2.50. The first-order valence-electron chi connectivity index (χ1n) is 6.83. The summed E-state index contributed by atoms with van der Waals surface area (Å²) in [6, 6.07) is 7.74. The maximum Gasteiger partial charge on any atom is 0.237 e. The highest BCUT2D eigenvalue weighted by Gasteiger charge is 2.44. The van der Waals surface area contributed by atoms with Crippen LogP contribution in [0.2, 0.25) is 0 Å². The van der Waals surface area contributed by atoms with Crippen LogP contribution in [0.15, 0.2) is 24.3 Å². The minimum atomic E-state index is -0.535. The summed E-state index contributed by atoms with van der Waals surface area (Å²) in [4.78, 5) is 26.2. The van der Waals surface area contributed by atoms with Crippen molar-refractivity contribution < 1.29 is 9.59 Å². The van der Waals surface area contributed by atoms with Crippen molar-refractivity contribution >= 4 is 17.4 Å². The summed E-state index contributed by atoms with van der Waals surface area (Å²) in [6.07, 6.45) is 0.811. The number of ketones is 1. The van der Waals surface area contributed by atoms with Gasteiger partial charge in [-0.3, -0.25) is 9.59 Å². The molecule has 0 aliphatic carbocycles. The van der Waals surface area contributed by atoms with Crippen molar-refractivity contribution in [1.82, 2.24) is 0 Å². The van der Waals surface area contributed by atoms with Crippen LogP contribution < -0.4 is 4.90 Å². The highest BCUT2D eigenvalue weighted by Crippen LogP contribution is 2.41. The van der Waals surface area contributed by atoms with Crippen molar-refractivity contribution in [1.29, 1.82) is 0 Å². The lowest BCUT2D eigenvalue weighted by Crippen LogP contribution is -2.40. The van der Waals surface area contributed by atoms with Gasteiger partial charge in [-0.1, -0.05) is 32.0 Å². The van der Waals surface area contributed by atoms with Crippen LogP contribution in [0.4, 0.5) is 5.69 Å². The van der Waals surface area contributed by atoms with Crippen LogP contribution in [0.3, 0.4) is 0 Å². The summed E-state index contributed by atoms with van der Waals surface area (Å²) in [7, 11) is 0. The van der Waals surface area contributed by atoms with Crippen molar-refractivity contribution in [3.05, 3.63) is 29.8 Å². The van der Waals surface area contributed by atoms with E-state index in [0.29, 0.717) is 0 Å². The molecule has 0 saturated carbocycles. The number of Topliss-reactive ketones (excluding diaryl/α,β-unsaturated/α-hetero) is 1. The van der Waals surface area contributed by atoms with Crippen LogP contribution in [0.25, 0.3) is 0 Å². The Kier molecular flexibility index (Phi) is 3.48. The lowest BCUT2D eigenvalue weighted by atomic mass is 9.86. The normalized spacial score (nSPS) is 18.3. The molecule has 1 aromatic rings. The van der Waals surface area contributed by atoms with Crippen LogP contribution in [0.1, 0.15) is 39.7 Å². The Labute approximate surface area is 114 Å². The molecular formula is C16H21NO2. The highest BCUT2D eigenvalue weighted by molar-refractivity contribution is 6.10. The molecule has 19 heavy (non-hydrogen) atoms. The summed E-state index contributed by atoms with van der Waals surface area (Å²) in [6.45, 7) is 7.93. The fourth-order valence-corrected chi connectivity index (χ4v) is 2.50. The van der Waals surface area contributed by atoms with Gasteiger partial charge in [0.1, 0.15) is 0 Å². The predicted octanol–water partition coefficient (Wildman–Crippen LogP) is 2.93. The third kappa shape index (κ3) is 2.18. The smallest absolute Gasteiger partial charge is 0.237 e. The standard InChI is InChI=1S/C16H21NO2/c1-5-11(2)14(18)10-17-13-9-7-6-8-12(13)16(3,4)15(17)19/h6-9,11H,5,10H2,1-4H3. The number of carbonyl (C=O) groups excluding carboxylic acids is 2. The zero-order valence-corrected chi connectivity index (χ0v) is 12.1. The van der Waals surface area contributed by atoms with Crippen molar-refractivity contribution in [3.8, 4) is 0 Å². The van der Waals surface area contributed by atoms with Gasteiger partial charge in [-0.2, -0.15) is 0 Å². The topological polar surface area (TPSA) is 37.4 Å². The fraction of sp³-hybridized carbons (Fsp3) is 0.500. The number of para-hydroxylation sites is 1. The van der Waals surface area contributed by atoms with E-state index in [1.165, 1.54) is 0 Å². The van der Waals surface area contributed by atoms with Crippen molar-refractivity contribution in [2.75, 3.05) is 11.4 Å². The van der Waals surface area contributed by atoms with E-state index in [1.54, 1.807) is 4.90 Å². The SMILES string of the molecule is CCC(C)C(=O)CN1C(=O)C(C)(C)c2ccccc21. The summed E-state index contributed by atoms with van der Waals surface area (Å²) < 4.78 is 0. The molecule has 0 N–H and O–H groups in total. The Hall–Kier alpha value is -1.64. The van der Waals surface area contributed by atoms with E-state index in [0.717, 1.165) is 17.7 Å². The zero-order chi connectivity index (χ0) is 14.2. The van der Waals surface area contributed by atoms with Gasteiger partial charge in [-0.15, -0.1) is 0 Å². The molecule has 0 aromatic heterocycles. The van der Waals surface area contributed by atoms with E-state index in [4.69, 9.17) is 0 Å². The van der Waals surface area contributed by atoms with E-state index in [9.17, 15) is 9.59 Å². The maximum absolute atomic E-state index is 12.5. The number of carbonyl (C=O) groups is 2. The minimum Gasteiger partial charge on any atom is -0.304 e. The lowest BCUT2D eigenvalue weighted by Gasteiger charge is -2.21. The van der Waals surface area contributed by atoms with Gasteiger partial charge in [0.2, 0.25) is 5.91 Å². The minimum absolute atomic E-state index is 0.00340. The Bertz CT molecular complexity index is 519. The molecule has 102 valence electrons. The van der Waals surface area contributed by atoms with Crippen molar-refractivity contribution in [2.45, 2.75) is 39.5 Å². The number of nitrogens with zero attached hydrogens (tertiary/aromatic N) is 1. The third-order valence-electron chi connectivity index (χ3n) is 4.12. The van der Waals surface area contributed by atoms with Gasteiger partial charge in [0.25, 0.3) is 0 Å². The second-order valence-electron chi connectivity index (χ2n) is 5.81. The molecular weight excluding hydrogens is 238 g/mol. The average molecular weight is 259 g/mol. The summed E-state index contributed by atoms with van der Waals surface area (Å²) in [5.41, 5.74) is 1.36. The quantitative estimate of drug-likeness (QED) is 0.833. The molecule has 1 aromatic carbocycles. The highest BCUT2D eigenvalue weighted by atomic mass is 16.2. The van der Waals surface area contributed by atoms with E-state index in [2.05, 4.69) is 0 Å². The first kappa shape index (κ1) is 13.8. The molecule has 3 heteroatoms. The number of anilines is 1. The number of hydrogen-bond acceptors (Lipinski definition) is 2. The Morgan fingerprint density at radius 1 is 1.32 bits per heavy atom. The number of amides is 1. The summed E-state index contributed by atoms with van der Waals surface area (Å²) in [5, 5.41) is 0. The first-order valence-corrected chi connectivity index (χ1v) is 6.83. The lowest BCUT2D eigenvalue weighted by molar-refractivity contribution is -0.126. The molecule has 1 amide bonds. The monoisotopic (exact) mass is 259 g/mol. The van der Waals surface area contributed by atoms with Crippen LogP contribution in [0, 0.1) is 5.92 Å². The van der Waals surface area contributed by atoms with E-state index in [1.807, 2.05) is 52.0 Å². The van der Waals surface area contributed by atoms with Crippen molar-refractivity contribution in [3.63, 3.8) is 0 Å². The second kappa shape index (κ2) is 4.80. The van der Waals surface area contributed by atoms with Gasteiger partial charge >= 0.3 is 0 Å². The van der Waals surface area contributed by atoms with E-state index in [-0.39, 0.29) is 24.2 Å². The third-order valence-corrected chi connectivity index (χ3v) is 4.12. The molecule has 3 nitrogen and oxygen atoms in total. The number of rotatable bonds is 4. The number of fused-ring (bicyclic) bond motifs is 1. The molecule has 0 spiro atoms. The van der Waals surface area contributed by atoms with Gasteiger partial charge in [-0.25, -0.2) is 0 Å². The molecule has 1 aliphatic rings. The van der Waals surface area contributed by atoms with Gasteiger partial charge in [-0.05, 0) is 31.9 Å². The zero-order valence-electron chi connectivity index (χ0n) is 12.1.